The number of benzene rings is 2. The van der Waals surface area contributed by atoms with Gasteiger partial charge in [0, 0.05) is 16.0 Å². The van der Waals surface area contributed by atoms with E-state index in [4.69, 9.17) is 4.42 Å². The predicted molar refractivity (Wildman–Crippen MR) is 117 cm³/mol. The van der Waals surface area contributed by atoms with Gasteiger partial charge in [-0.3, -0.25) is 9.59 Å². The largest absolute Gasteiger partial charge is 0.462 e. The van der Waals surface area contributed by atoms with E-state index < -0.39 is 0 Å². The van der Waals surface area contributed by atoms with Gasteiger partial charge >= 0.3 is 0 Å². The first-order valence-electron chi connectivity index (χ1n) is 9.51. The minimum atomic E-state index is -0.293. The molecule has 1 amide bonds. The van der Waals surface area contributed by atoms with Gasteiger partial charge in [-0.1, -0.05) is 48.0 Å². The summed E-state index contributed by atoms with van der Waals surface area (Å²) >= 11 is 1.48. The third kappa shape index (κ3) is 4.09. The van der Waals surface area contributed by atoms with Crippen molar-refractivity contribution in [3.63, 3.8) is 0 Å². The van der Waals surface area contributed by atoms with E-state index in [2.05, 4.69) is 10.3 Å². The molecule has 2 aromatic heterocycles. The second-order valence-electron chi connectivity index (χ2n) is 6.93. The minimum absolute atomic E-state index is 0.171. The van der Waals surface area contributed by atoms with Crippen molar-refractivity contribution in [3.8, 4) is 10.8 Å². The summed E-state index contributed by atoms with van der Waals surface area (Å²) in [4.78, 5) is 31.3. The number of nitrogens with one attached hydrogen (secondary N) is 1. The van der Waals surface area contributed by atoms with E-state index >= 15 is 0 Å². The lowest BCUT2D eigenvalue weighted by Gasteiger charge is -2.09. The number of aromatic nitrogens is 1. The number of rotatable bonds is 6. The van der Waals surface area contributed by atoms with Gasteiger partial charge in [-0.05, 0) is 32.0 Å². The van der Waals surface area contributed by atoms with Crippen molar-refractivity contribution in [2.24, 2.45) is 0 Å². The topological polar surface area (TPSA) is 72.2 Å². The molecule has 0 bridgehead atoms. The number of thiazole rings is 1. The third-order valence-electron chi connectivity index (χ3n) is 4.76. The average molecular weight is 417 g/mol. The molecule has 1 N–H and O–H groups in total. The van der Waals surface area contributed by atoms with E-state index in [1.54, 1.807) is 42.7 Å². The molecular formula is C24H20N2O3S. The molecule has 0 unspecified atom stereocenters. The Morgan fingerprint density at radius 2 is 1.70 bits per heavy atom. The van der Waals surface area contributed by atoms with Crippen molar-refractivity contribution < 1.29 is 14.0 Å². The molecule has 0 saturated carbocycles. The molecule has 6 heteroatoms. The minimum Gasteiger partial charge on any atom is -0.462 e. The van der Waals surface area contributed by atoms with Gasteiger partial charge in [0.05, 0.1) is 24.1 Å². The van der Waals surface area contributed by atoms with Gasteiger partial charge in [-0.15, -0.1) is 11.3 Å². The van der Waals surface area contributed by atoms with Crippen LogP contribution >= 0.6 is 11.3 Å². The number of ketones is 1. The normalized spacial score (nSPS) is 10.7. The van der Waals surface area contributed by atoms with Crippen molar-refractivity contribution in [1.82, 2.24) is 10.3 Å². The van der Waals surface area contributed by atoms with Crippen molar-refractivity contribution in [3.05, 3.63) is 99.8 Å². The monoisotopic (exact) mass is 416 g/mol. The fourth-order valence-corrected chi connectivity index (χ4v) is 4.06. The van der Waals surface area contributed by atoms with Crippen LogP contribution in [-0.2, 0) is 6.54 Å². The molecule has 0 spiro atoms. The molecule has 2 heterocycles. The number of carbonyl (C=O) groups is 2. The zero-order valence-electron chi connectivity index (χ0n) is 16.6. The molecule has 2 aromatic carbocycles. The fraction of sp³-hybridized carbons (Fsp3) is 0.125. The highest BCUT2D eigenvalue weighted by atomic mass is 32.1. The summed E-state index contributed by atoms with van der Waals surface area (Å²) in [5.74, 6) is 0.239. The lowest BCUT2D eigenvalue weighted by molar-refractivity contribution is 0.0940. The van der Waals surface area contributed by atoms with Crippen molar-refractivity contribution in [2.75, 3.05) is 0 Å². The highest BCUT2D eigenvalue weighted by Crippen LogP contribution is 2.28. The first-order chi connectivity index (χ1) is 14.5. The van der Waals surface area contributed by atoms with Crippen LogP contribution in [0.15, 0.2) is 71.3 Å². The molecular weight excluding hydrogens is 396 g/mol. The van der Waals surface area contributed by atoms with Crippen LogP contribution in [0.2, 0.25) is 0 Å². The van der Waals surface area contributed by atoms with Crippen LogP contribution < -0.4 is 5.32 Å². The van der Waals surface area contributed by atoms with Gasteiger partial charge < -0.3 is 9.73 Å². The Morgan fingerprint density at radius 1 is 0.967 bits per heavy atom. The molecule has 0 fully saturated rings. The molecule has 0 atom stereocenters. The molecule has 0 aliphatic rings. The maximum absolute atomic E-state index is 12.9. The molecule has 5 nitrogen and oxygen atoms in total. The number of nitrogens with zero attached hydrogens (tertiary/aromatic N) is 1. The van der Waals surface area contributed by atoms with E-state index in [0.29, 0.717) is 29.0 Å². The number of aryl methyl sites for hydroxylation is 2. The molecule has 30 heavy (non-hydrogen) atoms. The second kappa shape index (κ2) is 8.47. The van der Waals surface area contributed by atoms with Crippen LogP contribution in [0.4, 0.5) is 0 Å². The fourth-order valence-electron chi connectivity index (χ4n) is 3.09. The van der Waals surface area contributed by atoms with E-state index in [1.807, 2.05) is 38.1 Å². The smallest absolute Gasteiger partial charge is 0.252 e. The maximum Gasteiger partial charge on any atom is 0.252 e. The van der Waals surface area contributed by atoms with E-state index in [1.165, 1.54) is 11.3 Å². The molecule has 0 radical (unpaired) electrons. The summed E-state index contributed by atoms with van der Waals surface area (Å²) in [6.45, 7) is 4.20. The van der Waals surface area contributed by atoms with Crippen molar-refractivity contribution in [2.45, 2.75) is 20.4 Å². The molecule has 0 aliphatic heterocycles. The summed E-state index contributed by atoms with van der Waals surface area (Å²) in [6.07, 6.45) is 1.61. The summed E-state index contributed by atoms with van der Waals surface area (Å²) < 4.78 is 5.40. The molecule has 0 aliphatic carbocycles. The van der Waals surface area contributed by atoms with Crippen molar-refractivity contribution in [1.29, 1.82) is 0 Å². The Hall–Kier alpha value is -3.51. The Balaban J connectivity index is 1.52. The number of hydrogen-bond donors (Lipinski definition) is 1. The van der Waals surface area contributed by atoms with E-state index in [0.717, 1.165) is 21.1 Å². The zero-order chi connectivity index (χ0) is 21.1. The van der Waals surface area contributed by atoms with Crippen LogP contribution in [0.1, 0.15) is 42.4 Å². The van der Waals surface area contributed by atoms with Gasteiger partial charge in [0.25, 0.3) is 5.91 Å². The van der Waals surface area contributed by atoms with Gasteiger partial charge in [0.2, 0.25) is 0 Å². The first-order valence-corrected chi connectivity index (χ1v) is 10.3. The molecule has 4 rings (SSSR count). The Kier molecular flexibility index (Phi) is 5.59. The van der Waals surface area contributed by atoms with E-state index in [-0.39, 0.29) is 11.7 Å². The predicted octanol–water partition coefficient (Wildman–Crippen LogP) is 5.18. The summed E-state index contributed by atoms with van der Waals surface area (Å²) in [6, 6.07) is 17.9. The quantitative estimate of drug-likeness (QED) is 0.440. The highest BCUT2D eigenvalue weighted by Gasteiger charge is 2.19. The first kappa shape index (κ1) is 19.8. The lowest BCUT2D eigenvalue weighted by Crippen LogP contribution is -2.25. The average Bonchev–Trinajstić information content (AvgIpc) is 3.42. The summed E-state index contributed by atoms with van der Waals surface area (Å²) in [7, 11) is 0. The van der Waals surface area contributed by atoms with Gasteiger partial charge in [-0.25, -0.2) is 4.98 Å². The van der Waals surface area contributed by atoms with E-state index in [9.17, 15) is 9.59 Å². The van der Waals surface area contributed by atoms with Crippen LogP contribution in [0.3, 0.4) is 0 Å². The van der Waals surface area contributed by atoms with Crippen LogP contribution in [0, 0.1) is 13.8 Å². The molecule has 0 saturated heterocycles. The zero-order valence-corrected chi connectivity index (χ0v) is 17.5. The van der Waals surface area contributed by atoms with Gasteiger partial charge in [-0.2, -0.15) is 0 Å². The standard InChI is InChI=1S/C24H20N2O3S/c1-15-9-11-17(12-10-15)22(27)18-6-3-4-7-19(18)23(28)25-14-21-16(2)26-24(30-21)20-8-5-13-29-20/h3-13H,14H2,1-2H3,(H,25,28). The van der Waals surface area contributed by atoms with Crippen LogP contribution in [0.25, 0.3) is 10.8 Å². The Bertz CT molecular complexity index is 1190. The maximum atomic E-state index is 12.9. The summed E-state index contributed by atoms with van der Waals surface area (Å²) in [5.41, 5.74) is 3.22. The summed E-state index contributed by atoms with van der Waals surface area (Å²) in [5, 5.41) is 3.69. The highest BCUT2D eigenvalue weighted by molar-refractivity contribution is 7.15. The molecule has 150 valence electrons. The SMILES string of the molecule is Cc1ccc(C(=O)c2ccccc2C(=O)NCc2sc(-c3ccco3)nc2C)cc1. The number of furan rings is 1. The Morgan fingerprint density at radius 3 is 2.40 bits per heavy atom. The number of amides is 1. The second-order valence-corrected chi connectivity index (χ2v) is 8.01. The lowest BCUT2D eigenvalue weighted by atomic mass is 9.97. The molecule has 4 aromatic rings. The van der Waals surface area contributed by atoms with Crippen molar-refractivity contribution >= 4 is 23.0 Å². The Labute approximate surface area is 178 Å². The van der Waals surface area contributed by atoms with Gasteiger partial charge in [0.15, 0.2) is 16.6 Å². The third-order valence-corrected chi connectivity index (χ3v) is 5.94. The number of carbonyl (C=O) groups excluding carboxylic acids is 2. The number of hydrogen-bond acceptors (Lipinski definition) is 5. The van der Waals surface area contributed by atoms with Crippen LogP contribution in [0.5, 0.6) is 0 Å². The van der Waals surface area contributed by atoms with Gasteiger partial charge in [0.1, 0.15) is 0 Å². The van der Waals surface area contributed by atoms with Crippen LogP contribution in [-0.4, -0.2) is 16.7 Å².